The van der Waals surface area contributed by atoms with Gasteiger partial charge in [0, 0.05) is 5.92 Å². The number of rotatable bonds is 6. The van der Waals surface area contributed by atoms with Crippen LogP contribution in [0.4, 0.5) is 5.82 Å². The van der Waals surface area contributed by atoms with Gasteiger partial charge in [-0.25, -0.2) is 4.98 Å². The second kappa shape index (κ2) is 7.03. The Kier molecular flexibility index (Phi) is 5.67. The highest BCUT2D eigenvalue weighted by molar-refractivity contribution is 5.90. The first-order valence-corrected chi connectivity index (χ1v) is 5.93. The van der Waals surface area contributed by atoms with Crippen molar-refractivity contribution < 1.29 is 15.0 Å². The molecule has 0 saturated carbocycles. The molecule has 1 amide bonds. The fraction of sp³-hybridized carbons (Fsp3) is 0.583. The van der Waals surface area contributed by atoms with Gasteiger partial charge in [-0.1, -0.05) is 13.8 Å². The zero-order valence-electron chi connectivity index (χ0n) is 10.6. The van der Waals surface area contributed by atoms with E-state index in [1.807, 2.05) is 0 Å². The topological polar surface area (TPSA) is 95.3 Å². The van der Waals surface area contributed by atoms with Crippen molar-refractivity contribution in [1.82, 2.24) is 9.97 Å². The quantitative estimate of drug-likeness (QED) is 0.680. The number of nitrogens with zero attached hydrogens (tertiary/aromatic N) is 2. The maximum Gasteiger partial charge on any atom is 0.228 e. The molecular formula is C12H19N3O3. The highest BCUT2D eigenvalue weighted by Crippen LogP contribution is 2.06. The molecule has 0 spiro atoms. The Morgan fingerprint density at radius 1 is 1.39 bits per heavy atom. The highest BCUT2D eigenvalue weighted by Gasteiger charge is 2.08. The molecule has 1 heterocycles. The van der Waals surface area contributed by atoms with Crippen LogP contribution < -0.4 is 5.32 Å². The number of aryl methyl sites for hydroxylation is 1. The largest absolute Gasteiger partial charge is 0.394 e. The van der Waals surface area contributed by atoms with E-state index in [1.165, 1.54) is 6.20 Å². The first kappa shape index (κ1) is 14.5. The number of hydrogen-bond donors (Lipinski definition) is 3. The van der Waals surface area contributed by atoms with Crippen LogP contribution in [0.2, 0.25) is 0 Å². The number of amides is 1. The predicted octanol–water partition coefficient (Wildman–Crippen LogP) is 0.357. The summed E-state index contributed by atoms with van der Waals surface area (Å²) in [4.78, 5) is 19.6. The standard InChI is InChI=1S/C12H19N3O3/c1-8(2)12(18)15-11-6-13-9(5-14-11)3-4-10(17)7-16/h5-6,8,10,16-17H,3-4,7H2,1-2H3,(H,14,15,18)/t10-/m0/s1. The Bertz CT molecular complexity index is 379. The molecule has 0 aliphatic heterocycles. The zero-order valence-corrected chi connectivity index (χ0v) is 10.6. The molecular weight excluding hydrogens is 234 g/mol. The van der Waals surface area contributed by atoms with Crippen molar-refractivity contribution in [3.05, 3.63) is 18.1 Å². The molecule has 1 aromatic rings. The molecule has 1 aromatic heterocycles. The van der Waals surface area contributed by atoms with Crippen molar-refractivity contribution in [2.24, 2.45) is 5.92 Å². The van der Waals surface area contributed by atoms with E-state index in [4.69, 9.17) is 5.11 Å². The molecule has 0 aliphatic rings. The monoisotopic (exact) mass is 253 g/mol. The summed E-state index contributed by atoms with van der Waals surface area (Å²) in [5.41, 5.74) is 0.713. The Morgan fingerprint density at radius 3 is 2.61 bits per heavy atom. The second-order valence-electron chi connectivity index (χ2n) is 4.41. The van der Waals surface area contributed by atoms with Gasteiger partial charge in [0.25, 0.3) is 0 Å². The van der Waals surface area contributed by atoms with Gasteiger partial charge >= 0.3 is 0 Å². The molecule has 0 aromatic carbocycles. The number of aliphatic hydroxyl groups is 2. The maximum atomic E-state index is 11.4. The predicted molar refractivity (Wildman–Crippen MR) is 66.9 cm³/mol. The Balaban J connectivity index is 2.50. The molecule has 0 bridgehead atoms. The minimum Gasteiger partial charge on any atom is -0.394 e. The van der Waals surface area contributed by atoms with Crippen LogP contribution in [0.3, 0.4) is 0 Å². The van der Waals surface area contributed by atoms with Crippen molar-refractivity contribution in [2.45, 2.75) is 32.8 Å². The van der Waals surface area contributed by atoms with Crippen LogP contribution in [-0.2, 0) is 11.2 Å². The van der Waals surface area contributed by atoms with Crippen LogP contribution in [0, 0.1) is 5.92 Å². The number of aliphatic hydroxyl groups excluding tert-OH is 2. The summed E-state index contributed by atoms with van der Waals surface area (Å²) >= 11 is 0. The van der Waals surface area contributed by atoms with Crippen molar-refractivity contribution in [3.8, 4) is 0 Å². The van der Waals surface area contributed by atoms with Crippen LogP contribution in [-0.4, -0.2) is 38.8 Å². The molecule has 0 saturated heterocycles. The average molecular weight is 253 g/mol. The summed E-state index contributed by atoms with van der Waals surface area (Å²) in [6, 6.07) is 0. The molecule has 1 atom stereocenters. The van der Waals surface area contributed by atoms with Crippen molar-refractivity contribution in [1.29, 1.82) is 0 Å². The summed E-state index contributed by atoms with van der Waals surface area (Å²) in [6.45, 7) is 3.34. The first-order valence-electron chi connectivity index (χ1n) is 5.93. The zero-order chi connectivity index (χ0) is 13.5. The molecule has 18 heavy (non-hydrogen) atoms. The fourth-order valence-corrected chi connectivity index (χ4v) is 1.22. The van der Waals surface area contributed by atoms with Gasteiger partial charge in [-0.15, -0.1) is 0 Å². The van der Waals surface area contributed by atoms with E-state index in [0.717, 1.165) is 0 Å². The highest BCUT2D eigenvalue weighted by atomic mass is 16.3. The third kappa shape index (κ3) is 4.77. The first-order chi connectivity index (χ1) is 8.52. The summed E-state index contributed by atoms with van der Waals surface area (Å²) in [7, 11) is 0. The third-order valence-electron chi connectivity index (χ3n) is 2.43. The van der Waals surface area contributed by atoms with Crippen molar-refractivity contribution >= 4 is 11.7 Å². The molecule has 6 heteroatoms. The minimum absolute atomic E-state index is 0.104. The van der Waals surface area contributed by atoms with Crippen LogP contribution in [0.25, 0.3) is 0 Å². The Labute approximate surface area is 106 Å². The van der Waals surface area contributed by atoms with E-state index in [2.05, 4.69) is 15.3 Å². The summed E-state index contributed by atoms with van der Waals surface area (Å²) in [6.07, 6.45) is 3.28. The van der Waals surface area contributed by atoms with E-state index >= 15 is 0 Å². The average Bonchev–Trinajstić information content (AvgIpc) is 2.37. The molecule has 6 nitrogen and oxygen atoms in total. The van der Waals surface area contributed by atoms with Crippen LogP contribution in [0.5, 0.6) is 0 Å². The number of aromatic nitrogens is 2. The van der Waals surface area contributed by atoms with E-state index < -0.39 is 6.10 Å². The van der Waals surface area contributed by atoms with Gasteiger partial charge in [-0.3, -0.25) is 9.78 Å². The molecule has 1 rings (SSSR count). The Hall–Kier alpha value is -1.53. The minimum atomic E-state index is -0.730. The van der Waals surface area contributed by atoms with Gasteiger partial charge in [-0.05, 0) is 12.8 Å². The van der Waals surface area contributed by atoms with Crippen LogP contribution in [0.15, 0.2) is 12.4 Å². The lowest BCUT2D eigenvalue weighted by Crippen LogP contribution is -2.18. The van der Waals surface area contributed by atoms with Gasteiger partial charge in [-0.2, -0.15) is 0 Å². The van der Waals surface area contributed by atoms with E-state index in [9.17, 15) is 9.90 Å². The maximum absolute atomic E-state index is 11.4. The lowest BCUT2D eigenvalue weighted by molar-refractivity contribution is -0.118. The molecule has 3 N–H and O–H groups in total. The lowest BCUT2D eigenvalue weighted by Gasteiger charge is -2.08. The molecule has 0 unspecified atom stereocenters. The van der Waals surface area contributed by atoms with E-state index in [1.54, 1.807) is 20.0 Å². The number of anilines is 1. The number of carbonyl (C=O) groups is 1. The molecule has 0 fully saturated rings. The number of carbonyl (C=O) groups excluding carboxylic acids is 1. The van der Waals surface area contributed by atoms with Crippen molar-refractivity contribution in [3.63, 3.8) is 0 Å². The van der Waals surface area contributed by atoms with Gasteiger partial charge in [0.2, 0.25) is 5.91 Å². The summed E-state index contributed by atoms with van der Waals surface area (Å²) in [5.74, 6) is 0.207. The fourth-order valence-electron chi connectivity index (χ4n) is 1.22. The van der Waals surface area contributed by atoms with Crippen LogP contribution >= 0.6 is 0 Å². The Morgan fingerprint density at radius 2 is 2.11 bits per heavy atom. The normalized spacial score (nSPS) is 12.5. The van der Waals surface area contributed by atoms with E-state index in [-0.39, 0.29) is 18.4 Å². The molecule has 0 radical (unpaired) electrons. The van der Waals surface area contributed by atoms with Gasteiger partial charge in [0.05, 0.1) is 30.8 Å². The van der Waals surface area contributed by atoms with Crippen LogP contribution in [0.1, 0.15) is 26.0 Å². The van der Waals surface area contributed by atoms with Gasteiger partial charge < -0.3 is 15.5 Å². The second-order valence-corrected chi connectivity index (χ2v) is 4.41. The SMILES string of the molecule is CC(C)C(=O)Nc1cnc(CC[C@H](O)CO)cn1. The smallest absolute Gasteiger partial charge is 0.228 e. The summed E-state index contributed by atoms with van der Waals surface area (Å²) in [5, 5.41) is 20.5. The van der Waals surface area contributed by atoms with Crippen molar-refractivity contribution in [2.75, 3.05) is 11.9 Å². The third-order valence-corrected chi connectivity index (χ3v) is 2.43. The molecule has 0 aliphatic carbocycles. The van der Waals surface area contributed by atoms with Gasteiger partial charge in [0.15, 0.2) is 5.82 Å². The van der Waals surface area contributed by atoms with Gasteiger partial charge in [0.1, 0.15) is 0 Å². The number of hydrogen-bond acceptors (Lipinski definition) is 5. The lowest BCUT2D eigenvalue weighted by atomic mass is 10.2. The number of nitrogens with one attached hydrogen (secondary N) is 1. The summed E-state index contributed by atoms with van der Waals surface area (Å²) < 4.78 is 0. The molecule has 100 valence electrons. The van der Waals surface area contributed by atoms with E-state index in [0.29, 0.717) is 24.4 Å².